The molecule has 1 saturated carbocycles. The quantitative estimate of drug-likeness (QED) is 0.734. The Morgan fingerprint density at radius 2 is 2.17 bits per heavy atom. The minimum absolute atomic E-state index is 0.214. The average molecular weight is 250 g/mol. The first kappa shape index (κ1) is 13.5. The molecule has 1 aromatic heterocycles. The highest BCUT2D eigenvalue weighted by molar-refractivity contribution is 5.13. The summed E-state index contributed by atoms with van der Waals surface area (Å²) >= 11 is 0. The summed E-state index contributed by atoms with van der Waals surface area (Å²) in [4.78, 5) is 3.99. The Hall–Kier alpha value is -0.970. The predicted molar refractivity (Wildman–Crippen MR) is 70.2 cm³/mol. The molecule has 1 aliphatic carbocycles. The molecule has 1 aromatic rings. The van der Waals surface area contributed by atoms with Gasteiger partial charge in [0.05, 0.1) is 12.7 Å². The number of aliphatic hydroxyl groups is 1. The van der Waals surface area contributed by atoms with Gasteiger partial charge >= 0.3 is 0 Å². The molecule has 0 amide bonds. The number of aliphatic hydroxyl groups excluding tert-OH is 1. The van der Waals surface area contributed by atoms with Gasteiger partial charge in [0.25, 0.3) is 0 Å². The van der Waals surface area contributed by atoms with Crippen LogP contribution in [-0.4, -0.2) is 36.0 Å². The van der Waals surface area contributed by atoms with Crippen molar-refractivity contribution in [1.29, 1.82) is 0 Å². The van der Waals surface area contributed by atoms with Gasteiger partial charge in [-0.05, 0) is 43.4 Å². The van der Waals surface area contributed by atoms with Crippen LogP contribution in [0.3, 0.4) is 0 Å². The van der Waals surface area contributed by atoms with Crippen LogP contribution < -0.4 is 5.32 Å². The zero-order chi connectivity index (χ0) is 12.8. The van der Waals surface area contributed by atoms with Crippen LogP contribution >= 0.6 is 0 Å². The highest BCUT2D eigenvalue weighted by atomic mass is 16.5. The van der Waals surface area contributed by atoms with Crippen LogP contribution in [0.1, 0.15) is 31.4 Å². The third-order valence-corrected chi connectivity index (χ3v) is 3.23. The minimum atomic E-state index is -0.437. The van der Waals surface area contributed by atoms with Gasteiger partial charge in [-0.3, -0.25) is 4.98 Å². The van der Waals surface area contributed by atoms with Crippen LogP contribution in [0.5, 0.6) is 0 Å². The van der Waals surface area contributed by atoms with Gasteiger partial charge in [0.2, 0.25) is 0 Å². The van der Waals surface area contributed by atoms with E-state index in [1.807, 2.05) is 12.1 Å². The summed E-state index contributed by atoms with van der Waals surface area (Å²) in [6, 6.07) is 4.17. The first-order valence-electron chi connectivity index (χ1n) is 6.65. The Labute approximate surface area is 108 Å². The van der Waals surface area contributed by atoms with Gasteiger partial charge in [-0.15, -0.1) is 0 Å². The maximum atomic E-state index is 9.78. The van der Waals surface area contributed by atoms with Crippen molar-refractivity contribution < 1.29 is 9.84 Å². The molecular formula is C14H22N2O2. The third-order valence-electron chi connectivity index (χ3n) is 3.23. The third kappa shape index (κ3) is 4.72. The van der Waals surface area contributed by atoms with E-state index in [0.29, 0.717) is 13.2 Å². The molecule has 2 N–H and O–H groups in total. The largest absolute Gasteiger partial charge is 0.389 e. The van der Waals surface area contributed by atoms with Crippen molar-refractivity contribution in [2.75, 3.05) is 19.8 Å². The molecule has 0 saturated heterocycles. The topological polar surface area (TPSA) is 54.4 Å². The van der Waals surface area contributed by atoms with Gasteiger partial charge in [0.15, 0.2) is 0 Å². The number of rotatable bonds is 8. The number of hydrogen-bond acceptors (Lipinski definition) is 4. The summed E-state index contributed by atoms with van der Waals surface area (Å²) in [7, 11) is 0. The minimum Gasteiger partial charge on any atom is -0.389 e. The highest BCUT2D eigenvalue weighted by Gasteiger charge is 2.21. The Bertz CT molecular complexity index is 341. The summed E-state index contributed by atoms with van der Waals surface area (Å²) in [5.74, 6) is 0.751. The monoisotopic (exact) mass is 250 g/mol. The second-order valence-corrected chi connectivity index (χ2v) is 5.05. The molecule has 0 aliphatic heterocycles. The fraction of sp³-hybridized carbons (Fsp3) is 0.643. The van der Waals surface area contributed by atoms with Crippen molar-refractivity contribution in [3.63, 3.8) is 0 Å². The lowest BCUT2D eigenvalue weighted by molar-refractivity contribution is 0.0315. The molecule has 1 aliphatic rings. The fourth-order valence-electron chi connectivity index (χ4n) is 1.80. The molecule has 1 heterocycles. The molecule has 0 bridgehead atoms. The Morgan fingerprint density at radius 3 is 2.83 bits per heavy atom. The number of pyridine rings is 1. The van der Waals surface area contributed by atoms with E-state index in [0.717, 1.165) is 12.5 Å². The first-order chi connectivity index (χ1) is 8.75. The number of ether oxygens (including phenoxy) is 1. The number of nitrogens with zero attached hydrogens (tertiary/aromatic N) is 1. The zero-order valence-electron chi connectivity index (χ0n) is 10.9. The fourth-order valence-corrected chi connectivity index (χ4v) is 1.80. The van der Waals surface area contributed by atoms with Gasteiger partial charge in [-0.25, -0.2) is 0 Å². The van der Waals surface area contributed by atoms with E-state index in [-0.39, 0.29) is 6.04 Å². The van der Waals surface area contributed by atoms with E-state index >= 15 is 0 Å². The van der Waals surface area contributed by atoms with E-state index < -0.39 is 6.10 Å². The maximum Gasteiger partial charge on any atom is 0.0897 e. The van der Waals surface area contributed by atoms with Crippen molar-refractivity contribution in [2.24, 2.45) is 5.92 Å². The van der Waals surface area contributed by atoms with Gasteiger partial charge in [-0.1, -0.05) is 0 Å². The van der Waals surface area contributed by atoms with E-state index in [4.69, 9.17) is 4.74 Å². The lowest BCUT2D eigenvalue weighted by Crippen LogP contribution is -2.32. The summed E-state index contributed by atoms with van der Waals surface area (Å²) in [6.45, 7) is 3.85. The summed E-state index contributed by atoms with van der Waals surface area (Å²) < 4.78 is 5.46. The lowest BCUT2D eigenvalue weighted by Gasteiger charge is -2.17. The molecule has 18 heavy (non-hydrogen) atoms. The Kier molecular flexibility index (Phi) is 5.11. The zero-order valence-corrected chi connectivity index (χ0v) is 10.9. The standard InChI is InChI=1S/C14H22N2O2/c1-11(13-4-6-15-7-5-13)16-8-14(17)10-18-9-12-2-3-12/h4-7,11-12,14,16-17H,2-3,8-10H2,1H3/t11-,14?/m0/s1. The van der Waals surface area contributed by atoms with E-state index in [2.05, 4.69) is 17.2 Å². The van der Waals surface area contributed by atoms with Gasteiger partial charge < -0.3 is 15.2 Å². The molecule has 2 rings (SSSR count). The molecule has 0 radical (unpaired) electrons. The Balaban J connectivity index is 1.60. The SMILES string of the molecule is C[C@H](NCC(O)COCC1CC1)c1ccncc1. The van der Waals surface area contributed by atoms with Crippen LogP contribution in [0.15, 0.2) is 24.5 Å². The van der Waals surface area contributed by atoms with Gasteiger partial charge in [0, 0.05) is 31.6 Å². The first-order valence-corrected chi connectivity index (χ1v) is 6.65. The molecule has 4 heteroatoms. The summed E-state index contributed by atoms with van der Waals surface area (Å²) in [6.07, 6.45) is 5.69. The molecular weight excluding hydrogens is 228 g/mol. The van der Waals surface area contributed by atoms with Crippen molar-refractivity contribution in [3.05, 3.63) is 30.1 Å². The van der Waals surface area contributed by atoms with E-state index in [1.165, 1.54) is 18.4 Å². The number of aromatic nitrogens is 1. The summed E-state index contributed by atoms with van der Waals surface area (Å²) in [5, 5.41) is 13.1. The Morgan fingerprint density at radius 1 is 1.44 bits per heavy atom. The molecule has 0 aromatic carbocycles. The van der Waals surface area contributed by atoms with Gasteiger partial charge in [-0.2, -0.15) is 0 Å². The van der Waals surface area contributed by atoms with E-state index in [1.54, 1.807) is 12.4 Å². The van der Waals surface area contributed by atoms with Crippen LogP contribution in [0.25, 0.3) is 0 Å². The second-order valence-electron chi connectivity index (χ2n) is 5.05. The van der Waals surface area contributed by atoms with Crippen LogP contribution in [-0.2, 0) is 4.74 Å². The van der Waals surface area contributed by atoms with Crippen molar-refractivity contribution in [1.82, 2.24) is 10.3 Å². The van der Waals surface area contributed by atoms with Crippen LogP contribution in [0.4, 0.5) is 0 Å². The highest BCUT2D eigenvalue weighted by Crippen LogP contribution is 2.28. The van der Waals surface area contributed by atoms with E-state index in [9.17, 15) is 5.11 Å². The molecule has 100 valence electrons. The number of hydrogen-bond donors (Lipinski definition) is 2. The van der Waals surface area contributed by atoms with Crippen molar-refractivity contribution in [2.45, 2.75) is 31.9 Å². The van der Waals surface area contributed by atoms with Crippen molar-refractivity contribution >= 4 is 0 Å². The molecule has 0 spiro atoms. The molecule has 2 atom stereocenters. The lowest BCUT2D eigenvalue weighted by atomic mass is 10.1. The smallest absolute Gasteiger partial charge is 0.0897 e. The van der Waals surface area contributed by atoms with Crippen LogP contribution in [0, 0.1) is 5.92 Å². The molecule has 4 nitrogen and oxygen atoms in total. The normalized spacial score (nSPS) is 18.6. The maximum absolute atomic E-state index is 9.78. The van der Waals surface area contributed by atoms with Gasteiger partial charge in [0.1, 0.15) is 0 Å². The predicted octanol–water partition coefficient (Wildman–Crippen LogP) is 1.52. The van der Waals surface area contributed by atoms with Crippen LogP contribution in [0.2, 0.25) is 0 Å². The summed E-state index contributed by atoms with van der Waals surface area (Å²) in [5.41, 5.74) is 1.18. The second kappa shape index (κ2) is 6.83. The number of nitrogens with one attached hydrogen (secondary N) is 1. The average Bonchev–Trinajstić information content (AvgIpc) is 3.21. The molecule has 1 fully saturated rings. The van der Waals surface area contributed by atoms with Crippen molar-refractivity contribution in [3.8, 4) is 0 Å². The molecule has 1 unspecified atom stereocenters.